The highest BCUT2D eigenvalue weighted by Gasteiger charge is 1.72. The fourth-order valence-corrected chi connectivity index (χ4v) is 0.773. The zero-order chi connectivity index (χ0) is 9.07. The average Bonchev–Trinajstić information content (AvgIpc) is 2.10. The molecule has 0 heterocycles. The minimum Gasteiger partial charge on any atom is -0.0917 e. The van der Waals surface area contributed by atoms with E-state index in [1.165, 1.54) is 0 Å². The highest BCUT2D eigenvalue weighted by atomic mass is 13.8. The highest BCUT2D eigenvalue weighted by Crippen LogP contribution is 1.92. The molecule has 0 amide bonds. The zero-order valence-corrected chi connectivity index (χ0v) is 8.03. The Bertz CT molecular complexity index is 180. The summed E-state index contributed by atoms with van der Waals surface area (Å²) in [5.74, 6) is 0. The van der Waals surface area contributed by atoms with Crippen LogP contribution in [0.1, 0.15) is 26.7 Å². The molecular weight excluding hydrogens is 144 g/mol. The molecule has 0 N–H and O–H groups in total. The molecule has 12 heavy (non-hydrogen) atoms. The van der Waals surface area contributed by atoms with Crippen molar-refractivity contribution >= 4 is 0 Å². The first kappa shape index (κ1) is 11.0. The molecule has 66 valence electrons. The lowest BCUT2D eigenvalue weighted by Crippen LogP contribution is -1.62. The van der Waals surface area contributed by atoms with Crippen molar-refractivity contribution < 1.29 is 0 Å². The first-order valence-corrected chi connectivity index (χ1v) is 4.47. The predicted octanol–water partition coefficient (Wildman–Crippen LogP) is 4.03. The van der Waals surface area contributed by atoms with Crippen LogP contribution in [0.2, 0.25) is 0 Å². The molecule has 0 heteroatoms. The van der Waals surface area contributed by atoms with Gasteiger partial charge in [-0.1, -0.05) is 48.6 Å². The summed E-state index contributed by atoms with van der Waals surface area (Å²) in [6.07, 6.45) is 18.9. The van der Waals surface area contributed by atoms with Gasteiger partial charge in [0, 0.05) is 0 Å². The quantitative estimate of drug-likeness (QED) is 0.325. The molecular formula is C12H18. The Kier molecular flexibility index (Phi) is 9.10. The maximum atomic E-state index is 2.18. The molecule has 0 aromatic heterocycles. The molecule has 0 rings (SSSR count). The highest BCUT2D eigenvalue weighted by molar-refractivity contribution is 5.10. The summed E-state index contributed by atoms with van der Waals surface area (Å²) < 4.78 is 0. The summed E-state index contributed by atoms with van der Waals surface area (Å²) >= 11 is 0. The first-order valence-electron chi connectivity index (χ1n) is 4.47. The molecule has 0 unspecified atom stereocenters. The monoisotopic (exact) mass is 162 g/mol. The molecule has 0 aromatic rings. The van der Waals surface area contributed by atoms with Crippen molar-refractivity contribution in [3.63, 3.8) is 0 Å². The van der Waals surface area contributed by atoms with E-state index in [1.54, 1.807) is 0 Å². The second kappa shape index (κ2) is 9.96. The third-order valence-corrected chi connectivity index (χ3v) is 1.40. The molecule has 0 nitrogen and oxygen atoms in total. The number of rotatable bonds is 5. The summed E-state index contributed by atoms with van der Waals surface area (Å²) in [6, 6.07) is 0. The van der Waals surface area contributed by atoms with E-state index >= 15 is 0 Å². The Morgan fingerprint density at radius 2 is 1.33 bits per heavy atom. The van der Waals surface area contributed by atoms with Gasteiger partial charge < -0.3 is 0 Å². The molecule has 0 saturated heterocycles. The van der Waals surface area contributed by atoms with Gasteiger partial charge in [-0.25, -0.2) is 0 Å². The molecule has 0 aliphatic rings. The molecule has 0 aliphatic heterocycles. The van der Waals surface area contributed by atoms with Gasteiger partial charge in [0.15, 0.2) is 0 Å². The van der Waals surface area contributed by atoms with Crippen molar-refractivity contribution in [3.05, 3.63) is 48.6 Å². The van der Waals surface area contributed by atoms with E-state index in [1.807, 2.05) is 25.2 Å². The Balaban J connectivity index is 3.36. The smallest absolute Gasteiger partial charge is 0.0313 e. The first-order chi connectivity index (χ1) is 5.91. The summed E-state index contributed by atoms with van der Waals surface area (Å²) in [6.45, 7) is 4.07. The lowest BCUT2D eigenvalue weighted by atomic mass is 10.2. The SMILES string of the molecule is C/C=C/C=C/C=C\CC/C=C/C. The summed E-state index contributed by atoms with van der Waals surface area (Å²) in [7, 11) is 0. The predicted molar refractivity (Wildman–Crippen MR) is 57.1 cm³/mol. The second-order valence-electron chi connectivity index (χ2n) is 2.49. The van der Waals surface area contributed by atoms with Crippen molar-refractivity contribution in [1.82, 2.24) is 0 Å². The van der Waals surface area contributed by atoms with Gasteiger partial charge in [0.25, 0.3) is 0 Å². The lowest BCUT2D eigenvalue weighted by molar-refractivity contribution is 1.05. The van der Waals surface area contributed by atoms with E-state index in [0.717, 1.165) is 12.8 Å². The van der Waals surface area contributed by atoms with Crippen LogP contribution < -0.4 is 0 Å². The minimum atomic E-state index is 1.13. The number of hydrogen-bond donors (Lipinski definition) is 0. The standard InChI is InChI=1S/C12H18/c1-3-5-7-9-11-12-10-8-6-4-2/h3-7,9,11-12H,8,10H2,1-2H3/b5-3+,6-4+,9-7+,12-11-. The van der Waals surface area contributed by atoms with Crippen molar-refractivity contribution in [2.24, 2.45) is 0 Å². The minimum absolute atomic E-state index is 1.13. The third kappa shape index (κ3) is 8.96. The van der Waals surface area contributed by atoms with Gasteiger partial charge in [-0.15, -0.1) is 0 Å². The van der Waals surface area contributed by atoms with Crippen molar-refractivity contribution in [2.45, 2.75) is 26.7 Å². The zero-order valence-electron chi connectivity index (χ0n) is 8.03. The van der Waals surface area contributed by atoms with Gasteiger partial charge in [0.1, 0.15) is 0 Å². The van der Waals surface area contributed by atoms with E-state index in [0.29, 0.717) is 0 Å². The summed E-state index contributed by atoms with van der Waals surface area (Å²) in [5, 5.41) is 0. The Hall–Kier alpha value is -1.04. The maximum absolute atomic E-state index is 2.18. The fourth-order valence-electron chi connectivity index (χ4n) is 0.773. The van der Waals surface area contributed by atoms with Crippen LogP contribution in [-0.4, -0.2) is 0 Å². The van der Waals surface area contributed by atoms with E-state index in [4.69, 9.17) is 0 Å². The topological polar surface area (TPSA) is 0 Å². The van der Waals surface area contributed by atoms with Crippen LogP contribution in [0.5, 0.6) is 0 Å². The van der Waals surface area contributed by atoms with Crippen LogP contribution in [0.3, 0.4) is 0 Å². The summed E-state index contributed by atoms with van der Waals surface area (Å²) in [5.41, 5.74) is 0. The molecule has 0 atom stereocenters. The number of allylic oxidation sites excluding steroid dienone is 8. The molecule has 0 radical (unpaired) electrons. The summed E-state index contributed by atoms with van der Waals surface area (Å²) in [4.78, 5) is 0. The van der Waals surface area contributed by atoms with E-state index < -0.39 is 0 Å². The normalized spacial score (nSPS) is 13.2. The molecule has 0 saturated carbocycles. The van der Waals surface area contributed by atoms with Crippen LogP contribution in [-0.2, 0) is 0 Å². The molecule has 0 aliphatic carbocycles. The van der Waals surface area contributed by atoms with Crippen LogP contribution in [0, 0.1) is 0 Å². The van der Waals surface area contributed by atoms with Crippen molar-refractivity contribution in [1.29, 1.82) is 0 Å². The van der Waals surface area contributed by atoms with E-state index in [2.05, 4.69) is 37.3 Å². The van der Waals surface area contributed by atoms with E-state index in [-0.39, 0.29) is 0 Å². The van der Waals surface area contributed by atoms with Crippen LogP contribution in [0.15, 0.2) is 48.6 Å². The molecule has 0 fully saturated rings. The Labute approximate surface area is 76.0 Å². The van der Waals surface area contributed by atoms with Gasteiger partial charge in [-0.05, 0) is 26.7 Å². The van der Waals surface area contributed by atoms with Crippen molar-refractivity contribution in [3.8, 4) is 0 Å². The molecule has 0 bridgehead atoms. The average molecular weight is 162 g/mol. The van der Waals surface area contributed by atoms with Gasteiger partial charge in [0.05, 0.1) is 0 Å². The Morgan fingerprint density at radius 1 is 0.667 bits per heavy atom. The largest absolute Gasteiger partial charge is 0.0917 e. The van der Waals surface area contributed by atoms with Gasteiger partial charge >= 0.3 is 0 Å². The van der Waals surface area contributed by atoms with Crippen LogP contribution in [0.25, 0.3) is 0 Å². The second-order valence-corrected chi connectivity index (χ2v) is 2.49. The third-order valence-electron chi connectivity index (χ3n) is 1.40. The van der Waals surface area contributed by atoms with Gasteiger partial charge in [-0.3, -0.25) is 0 Å². The van der Waals surface area contributed by atoms with Crippen LogP contribution in [0.4, 0.5) is 0 Å². The molecule has 0 aromatic carbocycles. The lowest BCUT2D eigenvalue weighted by Gasteiger charge is -1.82. The van der Waals surface area contributed by atoms with Crippen LogP contribution >= 0.6 is 0 Å². The van der Waals surface area contributed by atoms with Crippen molar-refractivity contribution in [2.75, 3.05) is 0 Å². The fraction of sp³-hybridized carbons (Fsp3) is 0.333. The van der Waals surface area contributed by atoms with Gasteiger partial charge in [0.2, 0.25) is 0 Å². The number of unbranched alkanes of at least 4 members (excludes halogenated alkanes) is 1. The molecule has 0 spiro atoms. The van der Waals surface area contributed by atoms with E-state index in [9.17, 15) is 0 Å². The number of hydrogen-bond acceptors (Lipinski definition) is 0. The maximum Gasteiger partial charge on any atom is -0.0313 e. The Morgan fingerprint density at radius 3 is 2.00 bits per heavy atom. The van der Waals surface area contributed by atoms with Gasteiger partial charge in [-0.2, -0.15) is 0 Å².